The van der Waals surface area contributed by atoms with Crippen molar-refractivity contribution >= 4 is 34.3 Å². The predicted octanol–water partition coefficient (Wildman–Crippen LogP) is 6.58. The van der Waals surface area contributed by atoms with Crippen molar-refractivity contribution in [2.75, 3.05) is 6.61 Å². The minimum absolute atomic E-state index is 0.0614. The molecule has 0 amide bonds. The number of aromatic nitrogens is 1. The topological polar surface area (TPSA) is 77.8 Å². The van der Waals surface area contributed by atoms with Gasteiger partial charge in [0.25, 0.3) is 0 Å². The van der Waals surface area contributed by atoms with Crippen LogP contribution in [0.1, 0.15) is 28.0 Å². The molecule has 0 aliphatic carbocycles. The second kappa shape index (κ2) is 9.94. The molecule has 1 N–H and O–H groups in total. The monoisotopic (exact) mass is 517 g/mol. The molecule has 0 aliphatic rings. The van der Waals surface area contributed by atoms with Gasteiger partial charge in [-0.3, -0.25) is 9.59 Å². The number of ether oxygens (including phenoxy) is 2. The van der Waals surface area contributed by atoms with Crippen LogP contribution in [-0.4, -0.2) is 34.4 Å². The summed E-state index contributed by atoms with van der Waals surface area (Å²) in [4.78, 5) is 24.3. The number of carbonyl (C=O) groups is 2. The Labute approximate surface area is 208 Å². The van der Waals surface area contributed by atoms with Crippen LogP contribution in [0.25, 0.3) is 16.6 Å². The minimum atomic E-state index is -4.89. The van der Waals surface area contributed by atoms with E-state index in [1.807, 2.05) is 0 Å². The molecule has 186 valence electrons. The fraction of sp³-hybridized carbons (Fsp3) is 0.154. The Morgan fingerprint density at radius 2 is 1.72 bits per heavy atom. The van der Waals surface area contributed by atoms with Gasteiger partial charge >= 0.3 is 12.3 Å². The molecule has 0 spiro atoms. The zero-order valence-corrected chi connectivity index (χ0v) is 19.6. The number of benzene rings is 3. The Morgan fingerprint density at radius 1 is 1.00 bits per heavy atom. The van der Waals surface area contributed by atoms with Gasteiger partial charge in [-0.1, -0.05) is 17.7 Å². The van der Waals surface area contributed by atoms with Gasteiger partial charge in [-0.25, -0.2) is 0 Å². The van der Waals surface area contributed by atoms with Crippen molar-refractivity contribution in [2.45, 2.75) is 19.7 Å². The molecule has 4 rings (SSSR count). The summed E-state index contributed by atoms with van der Waals surface area (Å²) in [7, 11) is 0. The zero-order valence-electron chi connectivity index (χ0n) is 18.8. The fourth-order valence-electron chi connectivity index (χ4n) is 3.93. The summed E-state index contributed by atoms with van der Waals surface area (Å²) in [6, 6.07) is 16.7. The number of carbonyl (C=O) groups excluding carboxylic acids is 1. The summed E-state index contributed by atoms with van der Waals surface area (Å²) < 4.78 is 50.0. The van der Waals surface area contributed by atoms with Crippen molar-refractivity contribution in [3.63, 3.8) is 0 Å². The molecular formula is C26H19ClF3NO5. The van der Waals surface area contributed by atoms with Crippen LogP contribution >= 0.6 is 11.6 Å². The summed E-state index contributed by atoms with van der Waals surface area (Å²) in [6.07, 6.45) is -5.09. The number of carboxylic acids is 1. The molecule has 0 unspecified atom stereocenters. The third-order valence-corrected chi connectivity index (χ3v) is 5.66. The highest BCUT2D eigenvalue weighted by atomic mass is 35.5. The maximum absolute atomic E-state index is 13.5. The van der Waals surface area contributed by atoms with Crippen LogP contribution in [-0.2, 0) is 4.79 Å². The number of nitrogens with zero attached hydrogens (tertiary/aromatic N) is 1. The average molecular weight is 518 g/mol. The number of ketones is 1. The molecule has 0 saturated heterocycles. The molecule has 36 heavy (non-hydrogen) atoms. The highest BCUT2D eigenvalue weighted by Crippen LogP contribution is 2.35. The maximum atomic E-state index is 13.5. The summed E-state index contributed by atoms with van der Waals surface area (Å²) in [5.41, 5.74) is 1.97. The van der Waals surface area contributed by atoms with Crippen LogP contribution in [0, 0.1) is 6.92 Å². The highest BCUT2D eigenvalue weighted by molar-refractivity contribution is 6.30. The lowest BCUT2D eigenvalue weighted by Gasteiger charge is -2.13. The first-order valence-corrected chi connectivity index (χ1v) is 11.1. The first-order valence-electron chi connectivity index (χ1n) is 10.7. The van der Waals surface area contributed by atoms with E-state index in [9.17, 15) is 22.8 Å². The van der Waals surface area contributed by atoms with Crippen molar-refractivity contribution in [3.05, 3.63) is 88.6 Å². The van der Waals surface area contributed by atoms with Gasteiger partial charge in [-0.2, -0.15) is 0 Å². The van der Waals surface area contributed by atoms with Crippen molar-refractivity contribution in [3.8, 4) is 17.2 Å². The van der Waals surface area contributed by atoms with Crippen molar-refractivity contribution in [1.82, 2.24) is 4.57 Å². The third-order valence-electron chi connectivity index (χ3n) is 5.40. The highest BCUT2D eigenvalue weighted by Gasteiger charge is 2.32. The minimum Gasteiger partial charge on any atom is -0.493 e. The van der Waals surface area contributed by atoms with Gasteiger partial charge < -0.3 is 19.1 Å². The van der Waals surface area contributed by atoms with E-state index in [0.717, 1.165) is 6.07 Å². The van der Waals surface area contributed by atoms with Gasteiger partial charge in [0.1, 0.15) is 11.5 Å². The molecule has 0 radical (unpaired) electrons. The quantitative estimate of drug-likeness (QED) is 0.267. The second-order valence-corrected chi connectivity index (χ2v) is 8.28. The number of halogens is 4. The molecule has 3 aromatic carbocycles. The number of rotatable bonds is 8. The number of carboxylic acid groups (broad SMARTS) is 1. The number of fused-ring (bicyclic) bond motifs is 1. The first kappa shape index (κ1) is 25.1. The molecule has 4 aromatic rings. The first-order chi connectivity index (χ1) is 17.0. The molecular weight excluding hydrogens is 499 g/mol. The summed E-state index contributed by atoms with van der Waals surface area (Å²) in [5, 5.41) is 9.72. The van der Waals surface area contributed by atoms with Crippen LogP contribution in [0.5, 0.6) is 11.5 Å². The zero-order chi connectivity index (χ0) is 26.0. The van der Waals surface area contributed by atoms with Gasteiger partial charge in [-0.05, 0) is 55.5 Å². The van der Waals surface area contributed by atoms with Crippen molar-refractivity contribution in [2.24, 2.45) is 0 Å². The number of hydrogen-bond donors (Lipinski definition) is 1. The number of aliphatic carboxylic acids is 1. The molecule has 0 atom stereocenters. The van der Waals surface area contributed by atoms with Gasteiger partial charge in [0.05, 0.1) is 24.1 Å². The molecule has 0 saturated carbocycles. The number of alkyl halides is 3. The van der Waals surface area contributed by atoms with Crippen LogP contribution < -0.4 is 9.47 Å². The van der Waals surface area contributed by atoms with Crippen LogP contribution in [0.3, 0.4) is 0 Å². The van der Waals surface area contributed by atoms with Gasteiger partial charge in [0, 0.05) is 39.5 Å². The molecule has 6 nitrogen and oxygen atoms in total. The molecule has 0 aliphatic heterocycles. The van der Waals surface area contributed by atoms with Crippen LogP contribution in [0.15, 0.2) is 66.7 Å². The molecule has 0 fully saturated rings. The van der Waals surface area contributed by atoms with Gasteiger partial charge in [-0.15, -0.1) is 13.2 Å². The van der Waals surface area contributed by atoms with E-state index in [1.165, 1.54) is 12.1 Å². The SMILES string of the molecule is Cc1c(C(=O)c2ccc(Cl)cc2)c2ccc(OC(F)(F)F)cc2n1-c1cccc(OCCC(=O)O)c1. The van der Waals surface area contributed by atoms with E-state index in [4.69, 9.17) is 21.4 Å². The summed E-state index contributed by atoms with van der Waals surface area (Å²) in [6.45, 7) is 1.62. The lowest BCUT2D eigenvalue weighted by molar-refractivity contribution is -0.274. The maximum Gasteiger partial charge on any atom is 0.573 e. The van der Waals surface area contributed by atoms with Gasteiger partial charge in [0.15, 0.2) is 5.78 Å². The standard InChI is InChI=1S/C26H19ClF3NO5/c1-15-24(25(34)16-5-7-17(27)8-6-16)21-10-9-20(36-26(28,29)30)14-22(21)31(15)18-3-2-4-19(13-18)35-12-11-23(32)33/h2-10,13-14H,11-12H2,1H3,(H,32,33). The molecule has 1 aromatic heterocycles. The summed E-state index contributed by atoms with van der Waals surface area (Å²) in [5.74, 6) is -1.41. The molecule has 10 heteroatoms. The fourth-order valence-corrected chi connectivity index (χ4v) is 4.05. The van der Waals surface area contributed by atoms with Crippen molar-refractivity contribution < 1.29 is 37.3 Å². The predicted molar refractivity (Wildman–Crippen MR) is 127 cm³/mol. The normalized spacial score (nSPS) is 11.5. The smallest absolute Gasteiger partial charge is 0.493 e. The Kier molecular flexibility index (Phi) is 6.94. The largest absolute Gasteiger partial charge is 0.573 e. The van der Waals surface area contributed by atoms with E-state index in [2.05, 4.69) is 4.74 Å². The lowest BCUT2D eigenvalue weighted by atomic mass is 10.0. The van der Waals surface area contributed by atoms with E-state index < -0.39 is 18.1 Å². The van der Waals surface area contributed by atoms with Gasteiger partial charge in [0.2, 0.25) is 0 Å². The second-order valence-electron chi connectivity index (χ2n) is 7.85. The molecule has 1 heterocycles. The Hall–Kier alpha value is -3.98. The lowest BCUT2D eigenvalue weighted by Crippen LogP contribution is -2.17. The van der Waals surface area contributed by atoms with E-state index >= 15 is 0 Å². The molecule has 0 bridgehead atoms. The van der Waals surface area contributed by atoms with Crippen molar-refractivity contribution in [1.29, 1.82) is 0 Å². The Morgan fingerprint density at radius 3 is 2.39 bits per heavy atom. The van der Waals surface area contributed by atoms with E-state index in [1.54, 1.807) is 60.0 Å². The van der Waals surface area contributed by atoms with E-state index in [0.29, 0.717) is 44.2 Å². The van der Waals surface area contributed by atoms with Crippen LogP contribution in [0.4, 0.5) is 13.2 Å². The Balaban J connectivity index is 1.87. The average Bonchev–Trinajstić information content (AvgIpc) is 3.09. The van der Waals surface area contributed by atoms with E-state index in [-0.39, 0.29) is 18.8 Å². The van der Waals surface area contributed by atoms with Crippen LogP contribution in [0.2, 0.25) is 5.02 Å². The third kappa shape index (κ3) is 5.46. The Bertz CT molecular complexity index is 1440. The summed E-state index contributed by atoms with van der Waals surface area (Å²) >= 11 is 5.95. The number of hydrogen-bond acceptors (Lipinski definition) is 4.